The van der Waals surface area contributed by atoms with Gasteiger partial charge in [-0.2, -0.15) is 0 Å². The predicted octanol–water partition coefficient (Wildman–Crippen LogP) is 3.64. The molecule has 0 saturated heterocycles. The van der Waals surface area contributed by atoms with Crippen LogP contribution in [0.15, 0.2) is 66.8 Å². The number of hydrogen-bond acceptors (Lipinski definition) is 2. The fourth-order valence-electron chi connectivity index (χ4n) is 2.48. The van der Waals surface area contributed by atoms with Crippen LogP contribution >= 0.6 is 0 Å². The molecule has 0 bridgehead atoms. The maximum atomic E-state index is 11.0. The second-order valence-electron chi connectivity index (χ2n) is 5.16. The predicted molar refractivity (Wildman–Crippen MR) is 85.0 cm³/mol. The molecule has 0 aromatic heterocycles. The lowest BCUT2D eigenvalue weighted by Gasteiger charge is -2.28. The Balaban J connectivity index is 2.04. The molecule has 0 fully saturated rings. The summed E-state index contributed by atoms with van der Waals surface area (Å²) in [7, 11) is 1.37. The molecule has 21 heavy (non-hydrogen) atoms. The molecule has 0 aliphatic heterocycles. The van der Waals surface area contributed by atoms with E-state index in [1.807, 2.05) is 12.1 Å². The first-order valence-corrected chi connectivity index (χ1v) is 7.12. The Kier molecular flexibility index (Phi) is 5.38. The summed E-state index contributed by atoms with van der Waals surface area (Å²) in [5.74, 6) is 0. The van der Waals surface area contributed by atoms with Gasteiger partial charge < -0.3 is 10.1 Å². The molecule has 3 nitrogen and oxygen atoms in total. The van der Waals surface area contributed by atoms with E-state index in [-0.39, 0.29) is 5.41 Å². The molecule has 0 heterocycles. The quantitative estimate of drug-likeness (QED) is 0.838. The zero-order valence-corrected chi connectivity index (χ0v) is 12.3. The molecule has 1 atom stereocenters. The van der Waals surface area contributed by atoms with Crippen LogP contribution in [0.4, 0.5) is 4.79 Å². The summed E-state index contributed by atoms with van der Waals surface area (Å²) in [6.45, 7) is 0.473. The van der Waals surface area contributed by atoms with Crippen molar-refractivity contribution in [2.45, 2.75) is 12.8 Å². The van der Waals surface area contributed by atoms with Crippen molar-refractivity contribution in [2.24, 2.45) is 5.41 Å². The zero-order chi connectivity index (χ0) is 15.0. The molecule has 1 unspecified atom stereocenters. The number of hydrogen-bond donors (Lipinski definition) is 1. The van der Waals surface area contributed by atoms with Crippen LogP contribution < -0.4 is 5.32 Å². The third kappa shape index (κ3) is 4.63. The first-order chi connectivity index (χ1) is 10.2. The molecule has 1 N–H and O–H groups in total. The Morgan fingerprint density at radius 3 is 2.81 bits per heavy atom. The molecule has 1 aromatic carbocycles. The number of methoxy groups -OCH3 is 1. The number of benzene rings is 1. The summed E-state index contributed by atoms with van der Waals surface area (Å²) in [5.41, 5.74) is 1.29. The third-order valence-electron chi connectivity index (χ3n) is 3.55. The van der Waals surface area contributed by atoms with E-state index in [0.29, 0.717) is 6.54 Å². The minimum Gasteiger partial charge on any atom is -0.453 e. The normalized spacial score (nSPS) is 20.6. The minimum atomic E-state index is -0.407. The topological polar surface area (TPSA) is 38.3 Å². The molecule has 0 spiro atoms. The standard InChI is InChI=1S/C18H21NO2/c1-21-17(20)19-14-8-13-18(11-6-3-7-12-18)15-16-9-4-2-5-10-16/h2-11,13H,12,14-15H2,1H3,(H,19,20). The molecule has 0 radical (unpaired) electrons. The maximum Gasteiger partial charge on any atom is 0.407 e. The van der Waals surface area contributed by atoms with E-state index < -0.39 is 6.09 Å². The van der Waals surface area contributed by atoms with E-state index in [2.05, 4.69) is 64.7 Å². The van der Waals surface area contributed by atoms with Crippen molar-refractivity contribution >= 4 is 6.09 Å². The van der Waals surface area contributed by atoms with E-state index in [9.17, 15) is 4.79 Å². The number of rotatable bonds is 5. The smallest absolute Gasteiger partial charge is 0.407 e. The van der Waals surface area contributed by atoms with Crippen molar-refractivity contribution in [3.8, 4) is 0 Å². The first kappa shape index (κ1) is 15.1. The Morgan fingerprint density at radius 1 is 1.33 bits per heavy atom. The van der Waals surface area contributed by atoms with Gasteiger partial charge in [-0.1, -0.05) is 66.8 Å². The van der Waals surface area contributed by atoms with Crippen molar-refractivity contribution < 1.29 is 9.53 Å². The molecular weight excluding hydrogens is 262 g/mol. The van der Waals surface area contributed by atoms with Crippen LogP contribution in [-0.2, 0) is 11.2 Å². The number of amides is 1. The van der Waals surface area contributed by atoms with E-state index in [1.165, 1.54) is 12.7 Å². The summed E-state index contributed by atoms with van der Waals surface area (Å²) in [6, 6.07) is 10.5. The van der Waals surface area contributed by atoms with Crippen molar-refractivity contribution in [1.82, 2.24) is 5.32 Å². The fourth-order valence-corrected chi connectivity index (χ4v) is 2.48. The van der Waals surface area contributed by atoms with Gasteiger partial charge in [-0.15, -0.1) is 0 Å². The number of carbonyl (C=O) groups is 1. The van der Waals surface area contributed by atoms with Crippen LogP contribution in [0.3, 0.4) is 0 Å². The lowest BCUT2D eigenvalue weighted by atomic mass is 9.76. The molecule has 3 heteroatoms. The van der Waals surface area contributed by atoms with Gasteiger partial charge in [0, 0.05) is 12.0 Å². The van der Waals surface area contributed by atoms with Gasteiger partial charge in [0.15, 0.2) is 0 Å². The monoisotopic (exact) mass is 283 g/mol. The Bertz CT molecular complexity index is 546. The van der Waals surface area contributed by atoms with E-state index in [1.54, 1.807) is 0 Å². The summed E-state index contributed by atoms with van der Waals surface area (Å²) < 4.78 is 4.55. The number of allylic oxidation sites excluding steroid dienone is 5. The van der Waals surface area contributed by atoms with Gasteiger partial charge in [-0.3, -0.25) is 0 Å². The molecule has 110 valence electrons. The molecule has 0 saturated carbocycles. The highest BCUT2D eigenvalue weighted by Gasteiger charge is 2.24. The molecule has 1 amide bonds. The largest absolute Gasteiger partial charge is 0.453 e. The van der Waals surface area contributed by atoms with Crippen LogP contribution in [0, 0.1) is 5.41 Å². The van der Waals surface area contributed by atoms with E-state index in [0.717, 1.165) is 12.8 Å². The summed E-state index contributed by atoms with van der Waals surface area (Å²) in [5, 5.41) is 2.66. The van der Waals surface area contributed by atoms with Gasteiger partial charge in [0.2, 0.25) is 0 Å². The second-order valence-corrected chi connectivity index (χ2v) is 5.16. The summed E-state index contributed by atoms with van der Waals surface area (Å²) in [4.78, 5) is 11.0. The summed E-state index contributed by atoms with van der Waals surface area (Å²) >= 11 is 0. The number of alkyl carbamates (subject to hydrolysis) is 1. The van der Waals surface area contributed by atoms with Gasteiger partial charge in [0.1, 0.15) is 0 Å². The van der Waals surface area contributed by atoms with Gasteiger partial charge in [0.05, 0.1) is 7.11 Å². The van der Waals surface area contributed by atoms with Gasteiger partial charge in [0.25, 0.3) is 0 Å². The third-order valence-corrected chi connectivity index (χ3v) is 3.55. The average Bonchev–Trinajstić information content (AvgIpc) is 2.53. The minimum absolute atomic E-state index is 0.0199. The van der Waals surface area contributed by atoms with Crippen molar-refractivity contribution in [3.05, 3.63) is 72.4 Å². The first-order valence-electron chi connectivity index (χ1n) is 7.12. The highest BCUT2D eigenvalue weighted by molar-refractivity contribution is 5.67. The number of nitrogens with one attached hydrogen (secondary N) is 1. The molecule has 1 aromatic rings. The van der Waals surface area contributed by atoms with Gasteiger partial charge in [-0.25, -0.2) is 4.79 Å². The van der Waals surface area contributed by atoms with Crippen LogP contribution in [0.1, 0.15) is 12.0 Å². The second kappa shape index (κ2) is 7.48. The van der Waals surface area contributed by atoms with Gasteiger partial charge >= 0.3 is 6.09 Å². The Hall–Kier alpha value is -2.29. The number of carbonyl (C=O) groups excluding carboxylic acids is 1. The van der Waals surface area contributed by atoms with Gasteiger partial charge in [-0.05, 0) is 18.4 Å². The molecule has 1 aliphatic carbocycles. The molecule has 1 aliphatic rings. The Labute approximate surface area is 126 Å². The summed E-state index contributed by atoms with van der Waals surface area (Å²) in [6.07, 6.45) is 14.2. The average molecular weight is 283 g/mol. The lowest BCUT2D eigenvalue weighted by molar-refractivity contribution is 0.172. The van der Waals surface area contributed by atoms with Crippen molar-refractivity contribution in [2.75, 3.05) is 13.7 Å². The molecule has 2 rings (SSSR count). The van der Waals surface area contributed by atoms with Crippen molar-refractivity contribution in [1.29, 1.82) is 0 Å². The van der Waals surface area contributed by atoms with Crippen LogP contribution in [-0.4, -0.2) is 19.7 Å². The van der Waals surface area contributed by atoms with Crippen LogP contribution in [0.25, 0.3) is 0 Å². The zero-order valence-electron chi connectivity index (χ0n) is 12.3. The van der Waals surface area contributed by atoms with Crippen LogP contribution in [0.5, 0.6) is 0 Å². The van der Waals surface area contributed by atoms with Crippen molar-refractivity contribution in [3.63, 3.8) is 0 Å². The number of ether oxygens (including phenoxy) is 1. The SMILES string of the molecule is COC(=O)NCC=CC1(Cc2ccccc2)C=CC=CC1. The van der Waals surface area contributed by atoms with E-state index >= 15 is 0 Å². The van der Waals surface area contributed by atoms with E-state index in [4.69, 9.17) is 0 Å². The molecular formula is C18H21NO2. The highest BCUT2D eigenvalue weighted by Crippen LogP contribution is 2.33. The highest BCUT2D eigenvalue weighted by atomic mass is 16.5. The lowest BCUT2D eigenvalue weighted by Crippen LogP contribution is -2.24. The fraction of sp³-hybridized carbons (Fsp3) is 0.278. The van der Waals surface area contributed by atoms with Crippen LogP contribution in [0.2, 0.25) is 0 Å². The Morgan fingerprint density at radius 2 is 2.14 bits per heavy atom. The maximum absolute atomic E-state index is 11.0.